The highest BCUT2D eigenvalue weighted by Gasteiger charge is 2.06. The molecule has 2 rings (SSSR count). The number of benzene rings is 1. The molecule has 1 atom stereocenters. The number of nitrogens with one attached hydrogen (secondary N) is 2. The molecule has 5 heteroatoms. The molecule has 0 fully saturated rings. The van der Waals surface area contributed by atoms with Gasteiger partial charge in [0, 0.05) is 24.3 Å². The third-order valence-electron chi connectivity index (χ3n) is 2.62. The summed E-state index contributed by atoms with van der Waals surface area (Å²) in [7, 11) is 0. The van der Waals surface area contributed by atoms with Crippen molar-refractivity contribution in [1.29, 1.82) is 0 Å². The van der Waals surface area contributed by atoms with Crippen LogP contribution in [0.1, 0.15) is 24.1 Å². The van der Waals surface area contributed by atoms with E-state index in [1.807, 2.05) is 6.20 Å². The molecule has 1 unspecified atom stereocenters. The van der Waals surface area contributed by atoms with Gasteiger partial charge in [-0.2, -0.15) is 5.10 Å². The zero-order valence-electron chi connectivity index (χ0n) is 9.37. The van der Waals surface area contributed by atoms with E-state index in [0.29, 0.717) is 11.0 Å². The standard InChI is InChI=1S/C12H13BrFN3/c1-8(10-6-16-17-7-10)15-5-9-2-3-12(14)11(13)4-9/h2-4,6-8,15H,5H2,1H3,(H,16,17). The molecule has 2 N–H and O–H groups in total. The Bertz CT molecular complexity index is 485. The van der Waals surface area contributed by atoms with Gasteiger partial charge >= 0.3 is 0 Å². The van der Waals surface area contributed by atoms with Crippen LogP contribution in [0, 0.1) is 5.82 Å². The Kier molecular flexibility index (Phi) is 3.91. The van der Waals surface area contributed by atoms with Crippen molar-refractivity contribution in [2.24, 2.45) is 0 Å². The van der Waals surface area contributed by atoms with Gasteiger partial charge in [-0.25, -0.2) is 4.39 Å². The van der Waals surface area contributed by atoms with Crippen LogP contribution in [0.3, 0.4) is 0 Å². The molecule has 1 aromatic carbocycles. The second kappa shape index (κ2) is 5.42. The van der Waals surface area contributed by atoms with E-state index < -0.39 is 0 Å². The van der Waals surface area contributed by atoms with Crippen molar-refractivity contribution in [2.75, 3.05) is 0 Å². The van der Waals surface area contributed by atoms with E-state index in [1.165, 1.54) is 6.07 Å². The molecule has 0 aliphatic carbocycles. The van der Waals surface area contributed by atoms with Gasteiger partial charge in [0.25, 0.3) is 0 Å². The van der Waals surface area contributed by atoms with Gasteiger partial charge in [-0.05, 0) is 40.5 Å². The SMILES string of the molecule is CC(NCc1ccc(F)c(Br)c1)c1cn[nH]c1. The van der Waals surface area contributed by atoms with Crippen molar-refractivity contribution in [3.63, 3.8) is 0 Å². The number of nitrogens with zero attached hydrogens (tertiary/aromatic N) is 1. The van der Waals surface area contributed by atoms with Gasteiger partial charge in [0.15, 0.2) is 0 Å². The van der Waals surface area contributed by atoms with Crippen molar-refractivity contribution in [3.8, 4) is 0 Å². The summed E-state index contributed by atoms with van der Waals surface area (Å²) in [5, 5.41) is 10.0. The summed E-state index contributed by atoms with van der Waals surface area (Å²) in [6.07, 6.45) is 3.65. The van der Waals surface area contributed by atoms with E-state index >= 15 is 0 Å². The lowest BCUT2D eigenvalue weighted by Crippen LogP contribution is -2.17. The van der Waals surface area contributed by atoms with E-state index in [1.54, 1.807) is 18.3 Å². The van der Waals surface area contributed by atoms with Gasteiger partial charge in [0.1, 0.15) is 5.82 Å². The highest BCUT2D eigenvalue weighted by molar-refractivity contribution is 9.10. The first kappa shape index (κ1) is 12.3. The lowest BCUT2D eigenvalue weighted by Gasteiger charge is -2.12. The lowest BCUT2D eigenvalue weighted by atomic mass is 10.1. The molecular weight excluding hydrogens is 285 g/mol. The van der Waals surface area contributed by atoms with Crippen LogP contribution in [0.15, 0.2) is 35.1 Å². The summed E-state index contributed by atoms with van der Waals surface area (Å²) >= 11 is 3.17. The molecule has 2 aromatic rings. The molecule has 90 valence electrons. The fourth-order valence-electron chi connectivity index (χ4n) is 1.54. The zero-order chi connectivity index (χ0) is 12.3. The van der Waals surface area contributed by atoms with E-state index in [9.17, 15) is 4.39 Å². The number of hydrogen-bond donors (Lipinski definition) is 2. The molecule has 1 aromatic heterocycles. The minimum Gasteiger partial charge on any atom is -0.306 e. The summed E-state index contributed by atoms with van der Waals surface area (Å²) in [6.45, 7) is 2.74. The first-order valence-electron chi connectivity index (χ1n) is 5.33. The Morgan fingerprint density at radius 3 is 3.00 bits per heavy atom. The molecule has 0 aliphatic heterocycles. The topological polar surface area (TPSA) is 40.7 Å². The van der Waals surface area contributed by atoms with Gasteiger partial charge in [-0.1, -0.05) is 6.07 Å². The molecule has 0 aliphatic rings. The fourth-order valence-corrected chi connectivity index (χ4v) is 1.96. The summed E-state index contributed by atoms with van der Waals surface area (Å²) in [5.74, 6) is -0.239. The molecule has 0 saturated heterocycles. The van der Waals surface area contributed by atoms with E-state index in [-0.39, 0.29) is 11.9 Å². The first-order chi connectivity index (χ1) is 8.16. The Balaban J connectivity index is 1.96. The Labute approximate surface area is 108 Å². The summed E-state index contributed by atoms with van der Waals surface area (Å²) < 4.78 is 13.5. The maximum atomic E-state index is 13.0. The number of hydrogen-bond acceptors (Lipinski definition) is 2. The van der Waals surface area contributed by atoms with E-state index in [2.05, 4.69) is 38.4 Å². The van der Waals surface area contributed by atoms with Crippen molar-refractivity contribution < 1.29 is 4.39 Å². The van der Waals surface area contributed by atoms with Crippen LogP contribution in [0.5, 0.6) is 0 Å². The van der Waals surface area contributed by atoms with E-state index in [4.69, 9.17) is 0 Å². The summed E-state index contributed by atoms with van der Waals surface area (Å²) in [4.78, 5) is 0. The van der Waals surface area contributed by atoms with E-state index in [0.717, 1.165) is 11.1 Å². The fraction of sp³-hybridized carbons (Fsp3) is 0.250. The van der Waals surface area contributed by atoms with Crippen LogP contribution in [-0.4, -0.2) is 10.2 Å². The summed E-state index contributed by atoms with van der Waals surface area (Å²) in [5.41, 5.74) is 2.14. The smallest absolute Gasteiger partial charge is 0.137 e. The first-order valence-corrected chi connectivity index (χ1v) is 6.12. The lowest BCUT2D eigenvalue weighted by molar-refractivity contribution is 0.572. The molecule has 0 bridgehead atoms. The number of rotatable bonds is 4. The van der Waals surface area contributed by atoms with Crippen LogP contribution < -0.4 is 5.32 Å². The van der Waals surface area contributed by atoms with Gasteiger partial charge in [0.05, 0.1) is 10.7 Å². The number of H-pyrrole nitrogens is 1. The van der Waals surface area contributed by atoms with Crippen LogP contribution in [0.4, 0.5) is 4.39 Å². The third-order valence-corrected chi connectivity index (χ3v) is 3.22. The predicted molar refractivity (Wildman–Crippen MR) is 67.9 cm³/mol. The summed E-state index contributed by atoms with van der Waals surface area (Å²) in [6, 6.07) is 5.22. The highest BCUT2D eigenvalue weighted by Crippen LogP contribution is 2.17. The second-order valence-corrected chi connectivity index (χ2v) is 4.74. The Morgan fingerprint density at radius 1 is 1.53 bits per heavy atom. The maximum absolute atomic E-state index is 13.0. The van der Waals surface area contributed by atoms with Gasteiger partial charge in [0.2, 0.25) is 0 Å². The minimum atomic E-state index is -0.239. The molecule has 1 heterocycles. The molecule has 3 nitrogen and oxygen atoms in total. The largest absolute Gasteiger partial charge is 0.306 e. The number of aromatic nitrogens is 2. The van der Waals surface area contributed by atoms with Gasteiger partial charge in [-0.3, -0.25) is 5.10 Å². The highest BCUT2D eigenvalue weighted by atomic mass is 79.9. The van der Waals surface area contributed by atoms with Crippen LogP contribution in [0.25, 0.3) is 0 Å². The zero-order valence-corrected chi connectivity index (χ0v) is 11.0. The van der Waals surface area contributed by atoms with Crippen molar-refractivity contribution in [1.82, 2.24) is 15.5 Å². The van der Waals surface area contributed by atoms with Crippen LogP contribution >= 0.6 is 15.9 Å². The molecule has 0 spiro atoms. The number of halogens is 2. The van der Waals surface area contributed by atoms with Gasteiger partial charge < -0.3 is 5.32 Å². The molecule has 0 amide bonds. The van der Waals surface area contributed by atoms with Crippen molar-refractivity contribution >= 4 is 15.9 Å². The average molecular weight is 298 g/mol. The monoisotopic (exact) mass is 297 g/mol. The normalized spacial score (nSPS) is 12.6. The second-order valence-electron chi connectivity index (χ2n) is 3.88. The molecule has 17 heavy (non-hydrogen) atoms. The van der Waals surface area contributed by atoms with Gasteiger partial charge in [-0.15, -0.1) is 0 Å². The third kappa shape index (κ3) is 3.14. The van der Waals surface area contributed by atoms with Crippen molar-refractivity contribution in [3.05, 3.63) is 52.0 Å². The van der Waals surface area contributed by atoms with Crippen LogP contribution in [-0.2, 0) is 6.54 Å². The quantitative estimate of drug-likeness (QED) is 0.910. The average Bonchev–Trinajstić information content (AvgIpc) is 2.84. The van der Waals surface area contributed by atoms with Crippen LogP contribution in [0.2, 0.25) is 0 Å². The predicted octanol–water partition coefficient (Wildman–Crippen LogP) is 3.16. The minimum absolute atomic E-state index is 0.206. The molecule has 0 radical (unpaired) electrons. The maximum Gasteiger partial charge on any atom is 0.137 e. The number of aromatic amines is 1. The molecular formula is C12H13BrFN3. The van der Waals surface area contributed by atoms with Crippen molar-refractivity contribution in [2.45, 2.75) is 19.5 Å². The Hall–Kier alpha value is -1.20. The molecule has 0 saturated carbocycles. The Morgan fingerprint density at radius 2 is 2.35 bits per heavy atom.